The molecule has 0 aliphatic heterocycles. The van der Waals surface area contributed by atoms with Crippen LogP contribution in [0.5, 0.6) is 0 Å². The highest BCUT2D eigenvalue weighted by Gasteiger charge is 2.23. The average molecular weight is 425 g/mol. The maximum Gasteiger partial charge on any atom is 0.251 e. The fourth-order valence-electron chi connectivity index (χ4n) is 2.68. The van der Waals surface area contributed by atoms with Crippen molar-refractivity contribution in [1.29, 1.82) is 0 Å². The highest BCUT2D eigenvalue weighted by molar-refractivity contribution is 7.14. The highest BCUT2D eigenvalue weighted by atomic mass is 32.1. The molecule has 0 spiro atoms. The lowest BCUT2D eigenvalue weighted by Crippen LogP contribution is -2.25. The number of amides is 2. The predicted molar refractivity (Wildman–Crippen MR) is 112 cm³/mol. The molecular formula is C22H17F2N3O2S. The summed E-state index contributed by atoms with van der Waals surface area (Å²) >= 11 is 1.18. The van der Waals surface area contributed by atoms with E-state index in [1.54, 1.807) is 35.7 Å². The quantitative estimate of drug-likeness (QED) is 0.566. The Morgan fingerprint density at radius 1 is 1.07 bits per heavy atom. The molecule has 152 valence electrons. The molecule has 3 aromatic rings. The van der Waals surface area contributed by atoms with Crippen LogP contribution in [0.2, 0.25) is 0 Å². The molecule has 1 aliphatic rings. The standard InChI is InChI=1S/C22H17F2N3O2S/c23-17-9-6-15(11-18(17)24)19-12-30-22(26-19)27-20(28)10-3-13-1-4-14(5-2-13)21(29)25-16-7-8-16/h1-6,9-12,16H,7-8H2,(H,25,29)(H,26,27,28)/b10-3+. The molecule has 8 heteroatoms. The lowest BCUT2D eigenvalue weighted by atomic mass is 10.1. The maximum absolute atomic E-state index is 13.4. The van der Waals surface area contributed by atoms with E-state index >= 15 is 0 Å². The average Bonchev–Trinajstić information content (AvgIpc) is 3.44. The van der Waals surface area contributed by atoms with Crippen LogP contribution in [0.3, 0.4) is 0 Å². The number of hydrogen-bond acceptors (Lipinski definition) is 4. The van der Waals surface area contributed by atoms with E-state index in [4.69, 9.17) is 0 Å². The summed E-state index contributed by atoms with van der Waals surface area (Å²) in [6, 6.07) is 10.8. The molecule has 4 rings (SSSR count). The number of carbonyl (C=O) groups is 2. The van der Waals surface area contributed by atoms with Crippen molar-refractivity contribution in [3.8, 4) is 11.3 Å². The molecule has 0 bridgehead atoms. The molecule has 2 aromatic carbocycles. The summed E-state index contributed by atoms with van der Waals surface area (Å²) in [5.74, 6) is -2.35. The minimum Gasteiger partial charge on any atom is -0.349 e. The van der Waals surface area contributed by atoms with E-state index in [2.05, 4.69) is 15.6 Å². The Morgan fingerprint density at radius 3 is 2.53 bits per heavy atom. The van der Waals surface area contributed by atoms with Crippen molar-refractivity contribution in [3.63, 3.8) is 0 Å². The Labute approximate surface area is 175 Å². The van der Waals surface area contributed by atoms with Crippen molar-refractivity contribution in [1.82, 2.24) is 10.3 Å². The maximum atomic E-state index is 13.4. The number of aromatic nitrogens is 1. The van der Waals surface area contributed by atoms with E-state index in [1.165, 1.54) is 23.5 Å². The Morgan fingerprint density at radius 2 is 1.83 bits per heavy atom. The zero-order chi connectivity index (χ0) is 21.1. The normalized spacial score (nSPS) is 13.4. The highest BCUT2D eigenvalue weighted by Crippen LogP contribution is 2.26. The topological polar surface area (TPSA) is 71.1 Å². The lowest BCUT2D eigenvalue weighted by Gasteiger charge is -2.03. The number of halogens is 2. The van der Waals surface area contributed by atoms with Gasteiger partial charge in [0.2, 0.25) is 5.91 Å². The van der Waals surface area contributed by atoms with Crippen LogP contribution in [0, 0.1) is 11.6 Å². The molecule has 1 aliphatic carbocycles. The predicted octanol–water partition coefficient (Wildman–Crippen LogP) is 4.63. The second kappa shape index (κ2) is 8.54. The van der Waals surface area contributed by atoms with E-state index in [1.807, 2.05) is 0 Å². The first-order valence-electron chi connectivity index (χ1n) is 9.29. The van der Waals surface area contributed by atoms with Gasteiger partial charge in [-0.3, -0.25) is 14.9 Å². The van der Waals surface area contributed by atoms with Gasteiger partial charge in [0.05, 0.1) is 5.69 Å². The summed E-state index contributed by atoms with van der Waals surface area (Å²) < 4.78 is 26.4. The number of carbonyl (C=O) groups excluding carboxylic acids is 2. The van der Waals surface area contributed by atoms with Gasteiger partial charge < -0.3 is 5.32 Å². The summed E-state index contributed by atoms with van der Waals surface area (Å²) in [7, 11) is 0. The Kier molecular flexibility index (Phi) is 5.67. The third kappa shape index (κ3) is 4.96. The monoisotopic (exact) mass is 425 g/mol. The smallest absolute Gasteiger partial charge is 0.251 e. The summed E-state index contributed by atoms with van der Waals surface area (Å²) in [5, 5.41) is 7.55. The largest absolute Gasteiger partial charge is 0.349 e. The van der Waals surface area contributed by atoms with Gasteiger partial charge in [0, 0.05) is 28.6 Å². The van der Waals surface area contributed by atoms with Crippen LogP contribution in [0.25, 0.3) is 17.3 Å². The van der Waals surface area contributed by atoms with Crippen molar-refractivity contribution in [3.05, 3.63) is 76.7 Å². The van der Waals surface area contributed by atoms with Crippen molar-refractivity contribution >= 4 is 34.4 Å². The van der Waals surface area contributed by atoms with Gasteiger partial charge in [0.25, 0.3) is 5.91 Å². The first-order valence-corrected chi connectivity index (χ1v) is 10.2. The number of rotatable bonds is 6. The van der Waals surface area contributed by atoms with Crippen molar-refractivity contribution in [2.45, 2.75) is 18.9 Å². The molecule has 0 saturated heterocycles. The van der Waals surface area contributed by atoms with Crippen LogP contribution in [0.4, 0.5) is 13.9 Å². The van der Waals surface area contributed by atoms with Crippen molar-refractivity contribution in [2.24, 2.45) is 0 Å². The van der Waals surface area contributed by atoms with Gasteiger partial charge in [-0.25, -0.2) is 13.8 Å². The SMILES string of the molecule is O=C(/C=C/c1ccc(C(=O)NC2CC2)cc1)Nc1nc(-c2ccc(F)c(F)c2)cs1. The molecule has 1 fully saturated rings. The van der Waals surface area contributed by atoms with Gasteiger partial charge in [-0.1, -0.05) is 12.1 Å². The Hall–Kier alpha value is -3.39. The van der Waals surface area contributed by atoms with E-state index in [0.29, 0.717) is 28.0 Å². The van der Waals surface area contributed by atoms with Crippen LogP contribution in [-0.4, -0.2) is 22.8 Å². The molecule has 2 N–H and O–H groups in total. The number of nitrogens with zero attached hydrogens (tertiary/aromatic N) is 1. The fourth-order valence-corrected chi connectivity index (χ4v) is 3.40. The minimum absolute atomic E-state index is 0.0913. The molecule has 1 saturated carbocycles. The number of benzene rings is 2. The Balaban J connectivity index is 1.35. The first-order chi connectivity index (χ1) is 14.5. The molecule has 0 radical (unpaired) electrons. The number of anilines is 1. The third-order valence-corrected chi connectivity index (χ3v) is 5.22. The number of nitrogens with one attached hydrogen (secondary N) is 2. The summed E-state index contributed by atoms with van der Waals surface area (Å²) in [4.78, 5) is 28.3. The molecule has 1 aromatic heterocycles. The van der Waals surface area contributed by atoms with Gasteiger partial charge >= 0.3 is 0 Å². The summed E-state index contributed by atoms with van der Waals surface area (Å²) in [6.45, 7) is 0. The molecule has 5 nitrogen and oxygen atoms in total. The second-order valence-electron chi connectivity index (χ2n) is 6.86. The zero-order valence-corrected chi connectivity index (χ0v) is 16.5. The van der Waals surface area contributed by atoms with Gasteiger partial charge in [-0.15, -0.1) is 11.3 Å². The Bertz CT molecular complexity index is 1120. The van der Waals surface area contributed by atoms with E-state index in [9.17, 15) is 18.4 Å². The first kappa shape index (κ1) is 19.9. The number of thiazole rings is 1. The van der Waals surface area contributed by atoms with Crippen LogP contribution in [-0.2, 0) is 4.79 Å². The van der Waals surface area contributed by atoms with Gasteiger partial charge in [0.1, 0.15) is 0 Å². The fraction of sp³-hybridized carbons (Fsp3) is 0.136. The lowest BCUT2D eigenvalue weighted by molar-refractivity contribution is -0.111. The minimum atomic E-state index is -0.954. The number of hydrogen-bond donors (Lipinski definition) is 2. The molecule has 30 heavy (non-hydrogen) atoms. The third-order valence-electron chi connectivity index (χ3n) is 4.46. The molecule has 1 heterocycles. The zero-order valence-electron chi connectivity index (χ0n) is 15.7. The molecule has 2 amide bonds. The molecule has 0 unspecified atom stereocenters. The molecule has 0 atom stereocenters. The molecular weight excluding hydrogens is 408 g/mol. The summed E-state index contributed by atoms with van der Waals surface area (Å²) in [6.07, 6.45) is 5.05. The van der Waals surface area contributed by atoms with Crippen LogP contribution in [0.1, 0.15) is 28.8 Å². The second-order valence-corrected chi connectivity index (χ2v) is 7.72. The summed E-state index contributed by atoms with van der Waals surface area (Å²) in [5.41, 5.74) is 2.22. The van der Waals surface area contributed by atoms with Crippen molar-refractivity contribution < 1.29 is 18.4 Å². The van der Waals surface area contributed by atoms with Gasteiger partial charge in [-0.05, 0) is 54.8 Å². The van der Waals surface area contributed by atoms with Crippen LogP contribution in [0.15, 0.2) is 53.9 Å². The van der Waals surface area contributed by atoms with Gasteiger partial charge in [0.15, 0.2) is 16.8 Å². The van der Waals surface area contributed by atoms with E-state index < -0.39 is 11.6 Å². The van der Waals surface area contributed by atoms with Gasteiger partial charge in [-0.2, -0.15) is 0 Å². The van der Waals surface area contributed by atoms with Crippen LogP contribution >= 0.6 is 11.3 Å². The van der Waals surface area contributed by atoms with Crippen LogP contribution < -0.4 is 10.6 Å². The van der Waals surface area contributed by atoms with Crippen molar-refractivity contribution in [2.75, 3.05) is 5.32 Å². The van der Waals surface area contributed by atoms with E-state index in [-0.39, 0.29) is 11.8 Å². The van der Waals surface area contributed by atoms with E-state index in [0.717, 1.165) is 30.5 Å².